The molecule has 1 aliphatic heterocycles. The number of rotatable bonds is 7. The zero-order chi connectivity index (χ0) is 17.6. The lowest BCUT2D eigenvalue weighted by molar-refractivity contribution is 0.238. The third-order valence-electron chi connectivity index (χ3n) is 5.09. The molecule has 134 valence electrons. The van der Waals surface area contributed by atoms with Crippen molar-refractivity contribution in [2.24, 2.45) is 0 Å². The van der Waals surface area contributed by atoms with Crippen molar-refractivity contribution < 1.29 is 0 Å². The van der Waals surface area contributed by atoms with E-state index < -0.39 is 0 Å². The second kappa shape index (κ2) is 8.25. The van der Waals surface area contributed by atoms with Gasteiger partial charge in [0.2, 0.25) is 0 Å². The lowest BCUT2D eigenvalue weighted by Gasteiger charge is -2.28. The Bertz CT molecular complexity index is 794. The van der Waals surface area contributed by atoms with E-state index in [4.69, 9.17) is 0 Å². The van der Waals surface area contributed by atoms with E-state index in [1.165, 1.54) is 37.1 Å². The van der Waals surface area contributed by atoms with Crippen LogP contribution in [0.25, 0.3) is 11.3 Å². The molecule has 2 N–H and O–H groups in total. The van der Waals surface area contributed by atoms with Crippen molar-refractivity contribution >= 4 is 0 Å². The fourth-order valence-electron chi connectivity index (χ4n) is 3.74. The van der Waals surface area contributed by atoms with Gasteiger partial charge in [0.1, 0.15) is 0 Å². The van der Waals surface area contributed by atoms with Crippen molar-refractivity contribution in [3.8, 4) is 11.3 Å². The molecule has 1 unspecified atom stereocenters. The third kappa shape index (κ3) is 3.84. The Labute approximate surface area is 154 Å². The first-order valence-corrected chi connectivity index (χ1v) is 9.34. The molecule has 5 nitrogen and oxygen atoms in total. The van der Waals surface area contributed by atoms with Gasteiger partial charge < -0.3 is 5.32 Å². The second-order valence-electron chi connectivity index (χ2n) is 6.81. The van der Waals surface area contributed by atoms with E-state index in [1.807, 2.05) is 18.5 Å². The van der Waals surface area contributed by atoms with E-state index in [0.29, 0.717) is 6.04 Å². The molecule has 1 aliphatic rings. The number of aromatic nitrogens is 3. The maximum absolute atomic E-state index is 4.23. The fourth-order valence-corrected chi connectivity index (χ4v) is 3.74. The quantitative estimate of drug-likeness (QED) is 0.688. The Morgan fingerprint density at radius 3 is 2.65 bits per heavy atom. The van der Waals surface area contributed by atoms with Crippen LogP contribution in [0.5, 0.6) is 0 Å². The molecule has 0 bridgehead atoms. The number of aromatic amines is 1. The molecule has 0 spiro atoms. The van der Waals surface area contributed by atoms with Crippen LogP contribution < -0.4 is 5.32 Å². The molecule has 5 heteroatoms. The lowest BCUT2D eigenvalue weighted by atomic mass is 10.1. The average Bonchev–Trinajstić information content (AvgIpc) is 3.39. The minimum absolute atomic E-state index is 0.424. The third-order valence-corrected chi connectivity index (χ3v) is 5.09. The van der Waals surface area contributed by atoms with Gasteiger partial charge in [-0.2, -0.15) is 5.10 Å². The molecule has 26 heavy (non-hydrogen) atoms. The highest BCUT2D eigenvalue weighted by Gasteiger charge is 2.23. The standard InChI is InChI=1S/C21H25N5/c1-2-7-17(8-3-1)20(26-11-4-5-12-26)16-23-14-19-15-24-25-21(19)18-9-6-10-22-13-18/h1-3,6-10,13,15,20,23H,4-5,11-12,14,16H2,(H,24,25). The summed E-state index contributed by atoms with van der Waals surface area (Å²) in [5.74, 6) is 0. The topological polar surface area (TPSA) is 56.8 Å². The summed E-state index contributed by atoms with van der Waals surface area (Å²) < 4.78 is 0. The van der Waals surface area contributed by atoms with Crippen LogP contribution in [0.1, 0.15) is 30.0 Å². The molecular formula is C21H25N5. The van der Waals surface area contributed by atoms with Gasteiger partial charge in [0.05, 0.1) is 11.9 Å². The number of nitrogens with zero attached hydrogens (tertiary/aromatic N) is 3. The van der Waals surface area contributed by atoms with E-state index >= 15 is 0 Å². The number of nitrogens with one attached hydrogen (secondary N) is 2. The number of benzene rings is 1. The van der Waals surface area contributed by atoms with Gasteiger partial charge in [0.25, 0.3) is 0 Å². The number of H-pyrrole nitrogens is 1. The Balaban J connectivity index is 1.44. The summed E-state index contributed by atoms with van der Waals surface area (Å²) in [6.45, 7) is 4.10. The predicted molar refractivity (Wildman–Crippen MR) is 104 cm³/mol. The first-order chi connectivity index (χ1) is 12.9. The molecule has 4 rings (SSSR count). The smallest absolute Gasteiger partial charge is 0.0710 e. The van der Waals surface area contributed by atoms with Gasteiger partial charge in [0.15, 0.2) is 0 Å². The summed E-state index contributed by atoms with van der Waals surface area (Å²) in [4.78, 5) is 6.80. The van der Waals surface area contributed by atoms with E-state index in [0.717, 1.165) is 24.3 Å². The largest absolute Gasteiger partial charge is 0.311 e. The SMILES string of the molecule is c1ccc(C(CNCc2cn[nH]c2-c2cccnc2)N2CCCC2)cc1. The Kier molecular flexibility index (Phi) is 5.38. The second-order valence-corrected chi connectivity index (χ2v) is 6.81. The molecule has 1 atom stereocenters. The van der Waals surface area contributed by atoms with Gasteiger partial charge >= 0.3 is 0 Å². The van der Waals surface area contributed by atoms with Crippen LogP contribution in [0.3, 0.4) is 0 Å². The monoisotopic (exact) mass is 347 g/mol. The van der Waals surface area contributed by atoms with Crippen LogP contribution in [0.2, 0.25) is 0 Å². The predicted octanol–water partition coefficient (Wildman–Crippen LogP) is 3.40. The van der Waals surface area contributed by atoms with Gasteiger partial charge in [-0.25, -0.2) is 0 Å². The maximum atomic E-state index is 4.23. The zero-order valence-corrected chi connectivity index (χ0v) is 14.9. The highest BCUT2D eigenvalue weighted by Crippen LogP contribution is 2.25. The van der Waals surface area contributed by atoms with Crippen molar-refractivity contribution in [2.45, 2.75) is 25.4 Å². The van der Waals surface area contributed by atoms with Crippen molar-refractivity contribution in [3.63, 3.8) is 0 Å². The molecule has 3 aromatic rings. The molecule has 0 amide bonds. The minimum atomic E-state index is 0.424. The number of hydrogen-bond acceptors (Lipinski definition) is 4. The summed E-state index contributed by atoms with van der Waals surface area (Å²) >= 11 is 0. The van der Waals surface area contributed by atoms with Crippen LogP contribution in [-0.2, 0) is 6.54 Å². The normalized spacial score (nSPS) is 16.0. The molecule has 0 saturated carbocycles. The summed E-state index contributed by atoms with van der Waals surface area (Å²) in [5, 5.41) is 11.0. The lowest BCUT2D eigenvalue weighted by Crippen LogP contribution is -2.34. The van der Waals surface area contributed by atoms with E-state index in [9.17, 15) is 0 Å². The minimum Gasteiger partial charge on any atom is -0.311 e. The van der Waals surface area contributed by atoms with Crippen LogP contribution in [0.15, 0.2) is 61.1 Å². The molecule has 2 aromatic heterocycles. The maximum Gasteiger partial charge on any atom is 0.0710 e. The Hall–Kier alpha value is -2.50. The first kappa shape index (κ1) is 16.9. The molecule has 3 heterocycles. The molecule has 0 radical (unpaired) electrons. The summed E-state index contributed by atoms with van der Waals surface area (Å²) in [6, 6.07) is 15.3. The number of hydrogen-bond donors (Lipinski definition) is 2. The van der Waals surface area contributed by atoms with Crippen LogP contribution in [-0.4, -0.2) is 39.7 Å². The van der Waals surface area contributed by atoms with Gasteiger partial charge in [-0.15, -0.1) is 0 Å². The van der Waals surface area contributed by atoms with E-state index in [2.05, 4.69) is 61.8 Å². The highest BCUT2D eigenvalue weighted by molar-refractivity contribution is 5.61. The zero-order valence-electron chi connectivity index (χ0n) is 14.9. The summed E-state index contributed by atoms with van der Waals surface area (Å²) in [5.41, 5.74) is 4.68. The molecular weight excluding hydrogens is 322 g/mol. The van der Waals surface area contributed by atoms with Gasteiger partial charge in [-0.05, 0) is 43.6 Å². The van der Waals surface area contributed by atoms with Crippen molar-refractivity contribution in [3.05, 3.63) is 72.2 Å². The Morgan fingerprint density at radius 1 is 1.04 bits per heavy atom. The van der Waals surface area contributed by atoms with Crippen molar-refractivity contribution in [1.82, 2.24) is 25.4 Å². The summed E-state index contributed by atoms with van der Waals surface area (Å²) in [6.07, 6.45) is 8.17. The highest BCUT2D eigenvalue weighted by atomic mass is 15.2. The van der Waals surface area contributed by atoms with Crippen LogP contribution >= 0.6 is 0 Å². The molecule has 0 aliphatic carbocycles. The van der Waals surface area contributed by atoms with Crippen molar-refractivity contribution in [2.75, 3.05) is 19.6 Å². The Morgan fingerprint density at radius 2 is 1.88 bits per heavy atom. The van der Waals surface area contributed by atoms with Crippen LogP contribution in [0.4, 0.5) is 0 Å². The molecule has 1 fully saturated rings. The molecule has 1 saturated heterocycles. The summed E-state index contributed by atoms with van der Waals surface area (Å²) in [7, 11) is 0. The van der Waals surface area contributed by atoms with Gasteiger partial charge in [0, 0.05) is 42.7 Å². The van der Waals surface area contributed by atoms with Crippen LogP contribution in [0, 0.1) is 0 Å². The van der Waals surface area contributed by atoms with Gasteiger partial charge in [-0.1, -0.05) is 30.3 Å². The molecule has 1 aromatic carbocycles. The first-order valence-electron chi connectivity index (χ1n) is 9.34. The van der Waals surface area contributed by atoms with E-state index in [-0.39, 0.29) is 0 Å². The fraction of sp³-hybridized carbons (Fsp3) is 0.333. The average molecular weight is 347 g/mol. The number of likely N-dealkylation sites (tertiary alicyclic amines) is 1. The van der Waals surface area contributed by atoms with Crippen molar-refractivity contribution in [1.29, 1.82) is 0 Å². The number of pyridine rings is 1. The van der Waals surface area contributed by atoms with Gasteiger partial charge in [-0.3, -0.25) is 15.0 Å². The van der Waals surface area contributed by atoms with E-state index in [1.54, 1.807) is 6.20 Å².